The molecule has 0 unspecified atom stereocenters. The monoisotopic (exact) mass is 333 g/mol. The van der Waals surface area contributed by atoms with Crippen LogP contribution in [0.5, 0.6) is 0 Å². The fourth-order valence-electron chi connectivity index (χ4n) is 3.58. The molecule has 1 aliphatic heterocycles. The van der Waals surface area contributed by atoms with Crippen LogP contribution in [0.4, 0.5) is 0 Å². The van der Waals surface area contributed by atoms with Crippen LogP contribution in [0.3, 0.4) is 0 Å². The van der Waals surface area contributed by atoms with Crippen LogP contribution in [0.15, 0.2) is 49.2 Å². The van der Waals surface area contributed by atoms with Crippen LogP contribution in [-0.2, 0) is 0 Å². The van der Waals surface area contributed by atoms with Crippen LogP contribution < -0.4 is 0 Å². The zero-order chi connectivity index (χ0) is 17.2. The lowest BCUT2D eigenvalue weighted by atomic mass is 9.99. The number of rotatable bonds is 4. The second-order valence-corrected chi connectivity index (χ2v) is 6.77. The third kappa shape index (κ3) is 3.20. The number of hydrogen-bond acceptors (Lipinski definition) is 4. The number of pyridine rings is 1. The first-order valence-corrected chi connectivity index (χ1v) is 8.88. The van der Waals surface area contributed by atoms with Gasteiger partial charge in [-0.15, -0.1) is 10.2 Å². The van der Waals surface area contributed by atoms with Gasteiger partial charge in [0.2, 0.25) is 0 Å². The maximum Gasteiger partial charge on any atom is 0.139 e. The number of hydrogen-bond donors (Lipinski definition) is 0. The molecule has 0 radical (unpaired) electrons. The predicted molar refractivity (Wildman–Crippen MR) is 98.5 cm³/mol. The fourth-order valence-corrected chi connectivity index (χ4v) is 3.58. The quantitative estimate of drug-likeness (QED) is 0.729. The number of benzene rings is 1. The first-order chi connectivity index (χ1) is 12.2. The molecule has 5 nitrogen and oxygen atoms in total. The lowest BCUT2D eigenvalue weighted by Gasteiger charge is -2.24. The lowest BCUT2D eigenvalue weighted by molar-refractivity contribution is 0.263. The fraction of sp³-hybridized carbons (Fsp3) is 0.350. The highest BCUT2D eigenvalue weighted by Crippen LogP contribution is 2.28. The van der Waals surface area contributed by atoms with Gasteiger partial charge in [-0.3, -0.25) is 9.47 Å². The first kappa shape index (κ1) is 16.0. The summed E-state index contributed by atoms with van der Waals surface area (Å²) in [5.74, 6) is 0.838. The molecule has 3 aromatic rings. The first-order valence-electron chi connectivity index (χ1n) is 8.88. The van der Waals surface area contributed by atoms with Crippen LogP contribution in [0.1, 0.15) is 36.9 Å². The average molecular weight is 333 g/mol. The van der Waals surface area contributed by atoms with E-state index in [1.54, 1.807) is 12.7 Å². The van der Waals surface area contributed by atoms with Gasteiger partial charge < -0.3 is 0 Å². The normalized spacial score (nSPS) is 16.2. The third-order valence-electron chi connectivity index (χ3n) is 5.17. The van der Waals surface area contributed by atoms with E-state index in [4.69, 9.17) is 0 Å². The largest absolute Gasteiger partial charge is 0.297 e. The zero-order valence-electron chi connectivity index (χ0n) is 14.8. The van der Waals surface area contributed by atoms with Gasteiger partial charge in [-0.2, -0.15) is 0 Å². The smallest absolute Gasteiger partial charge is 0.139 e. The molecule has 0 N–H and O–H groups in total. The Balaban J connectivity index is 1.57. The molecule has 0 amide bonds. The second-order valence-electron chi connectivity index (χ2n) is 6.77. The van der Waals surface area contributed by atoms with Crippen LogP contribution in [0.2, 0.25) is 0 Å². The molecule has 1 fully saturated rings. The summed E-state index contributed by atoms with van der Waals surface area (Å²) in [4.78, 5) is 7.12. The Morgan fingerprint density at radius 2 is 1.68 bits per heavy atom. The molecule has 25 heavy (non-hydrogen) atoms. The highest BCUT2D eigenvalue weighted by molar-refractivity contribution is 5.67. The van der Waals surface area contributed by atoms with E-state index in [0.29, 0.717) is 6.04 Å². The summed E-state index contributed by atoms with van der Waals surface area (Å²) in [5, 5.41) is 7.67. The molecule has 0 aliphatic carbocycles. The molecule has 1 saturated heterocycles. The Bertz CT molecular complexity index is 833. The third-order valence-corrected chi connectivity index (χ3v) is 5.17. The number of nitrogens with zero attached hydrogens (tertiary/aromatic N) is 5. The lowest BCUT2D eigenvalue weighted by Crippen LogP contribution is -2.23. The molecule has 0 bridgehead atoms. The minimum absolute atomic E-state index is 0.492. The van der Waals surface area contributed by atoms with E-state index in [1.165, 1.54) is 42.6 Å². The van der Waals surface area contributed by atoms with Crippen LogP contribution in [0, 0.1) is 6.92 Å². The van der Waals surface area contributed by atoms with Crippen molar-refractivity contribution in [3.05, 3.63) is 60.3 Å². The molecular formula is C20H23N5. The predicted octanol–water partition coefficient (Wildman–Crippen LogP) is 3.79. The molecule has 128 valence electrons. The van der Waals surface area contributed by atoms with Crippen molar-refractivity contribution in [1.82, 2.24) is 24.6 Å². The topological polar surface area (TPSA) is 46.8 Å². The Labute approximate surface area is 148 Å². The van der Waals surface area contributed by atoms with Crippen molar-refractivity contribution < 1.29 is 0 Å². The van der Waals surface area contributed by atoms with E-state index >= 15 is 0 Å². The summed E-state index contributed by atoms with van der Waals surface area (Å²) in [6.45, 7) is 6.86. The average Bonchev–Trinajstić information content (AvgIpc) is 3.35. The Morgan fingerprint density at radius 1 is 1.00 bits per heavy atom. The van der Waals surface area contributed by atoms with Gasteiger partial charge in [0, 0.05) is 17.8 Å². The molecule has 3 heterocycles. The van der Waals surface area contributed by atoms with E-state index in [9.17, 15) is 0 Å². The maximum atomic E-state index is 4.55. The van der Waals surface area contributed by atoms with Gasteiger partial charge in [0.25, 0.3) is 0 Å². The summed E-state index contributed by atoms with van der Waals surface area (Å²) in [5.41, 5.74) is 4.95. The van der Waals surface area contributed by atoms with Gasteiger partial charge >= 0.3 is 0 Å². The Morgan fingerprint density at radius 3 is 2.32 bits per heavy atom. The minimum Gasteiger partial charge on any atom is -0.297 e. The van der Waals surface area contributed by atoms with E-state index in [1.807, 2.05) is 10.8 Å². The molecule has 1 aromatic carbocycles. The van der Waals surface area contributed by atoms with Gasteiger partial charge in [0.05, 0.1) is 0 Å². The summed E-state index contributed by atoms with van der Waals surface area (Å²) in [6.07, 6.45) is 7.91. The summed E-state index contributed by atoms with van der Waals surface area (Å²) in [6, 6.07) is 11.5. The minimum atomic E-state index is 0.492. The highest BCUT2D eigenvalue weighted by Gasteiger charge is 2.19. The standard InChI is InChI=1S/C20H23N5/c1-15-11-20(25-13-22-23-14-25)21-12-19(15)18-7-5-17(6-8-18)16(2)24-9-3-4-10-24/h5-8,11-14,16H,3-4,9-10H2,1-2H3/t16-/m0/s1. The van der Waals surface area contributed by atoms with Gasteiger partial charge in [-0.1, -0.05) is 24.3 Å². The molecule has 1 aliphatic rings. The van der Waals surface area contributed by atoms with Crippen LogP contribution in [0.25, 0.3) is 16.9 Å². The molecule has 0 spiro atoms. The molecule has 5 heteroatoms. The van der Waals surface area contributed by atoms with Crippen molar-refractivity contribution in [3.63, 3.8) is 0 Å². The van der Waals surface area contributed by atoms with E-state index in [-0.39, 0.29) is 0 Å². The van der Waals surface area contributed by atoms with Crippen molar-refractivity contribution >= 4 is 0 Å². The van der Waals surface area contributed by atoms with Gasteiger partial charge in [0.1, 0.15) is 18.5 Å². The van der Waals surface area contributed by atoms with Gasteiger partial charge in [-0.05, 0) is 62.5 Å². The Hall–Kier alpha value is -2.53. The van der Waals surface area contributed by atoms with Gasteiger partial charge in [0.15, 0.2) is 0 Å². The Kier molecular flexibility index (Phi) is 4.32. The van der Waals surface area contributed by atoms with Crippen LogP contribution in [-0.4, -0.2) is 37.7 Å². The van der Waals surface area contributed by atoms with E-state index in [2.05, 4.69) is 64.3 Å². The number of likely N-dealkylation sites (tertiary alicyclic amines) is 1. The molecule has 1 atom stereocenters. The molecule has 2 aromatic heterocycles. The summed E-state index contributed by atoms with van der Waals surface area (Å²) in [7, 11) is 0. The zero-order valence-corrected chi connectivity index (χ0v) is 14.8. The van der Waals surface area contributed by atoms with E-state index in [0.717, 1.165) is 11.4 Å². The van der Waals surface area contributed by atoms with Gasteiger partial charge in [-0.25, -0.2) is 4.98 Å². The molecule has 0 saturated carbocycles. The van der Waals surface area contributed by atoms with Crippen molar-refractivity contribution in [3.8, 4) is 16.9 Å². The highest BCUT2D eigenvalue weighted by atomic mass is 15.2. The van der Waals surface area contributed by atoms with Crippen molar-refractivity contribution in [2.24, 2.45) is 0 Å². The van der Waals surface area contributed by atoms with Crippen molar-refractivity contribution in [2.75, 3.05) is 13.1 Å². The van der Waals surface area contributed by atoms with Crippen molar-refractivity contribution in [1.29, 1.82) is 0 Å². The number of aromatic nitrogens is 4. The number of aryl methyl sites for hydroxylation is 1. The summed E-state index contributed by atoms with van der Waals surface area (Å²) >= 11 is 0. The molecule has 4 rings (SSSR count). The summed E-state index contributed by atoms with van der Waals surface area (Å²) < 4.78 is 1.82. The SMILES string of the molecule is Cc1cc(-n2cnnc2)ncc1-c1ccc([C@H](C)N2CCCC2)cc1. The molecular weight excluding hydrogens is 310 g/mol. The second kappa shape index (κ2) is 6.76. The maximum absolute atomic E-state index is 4.55. The van der Waals surface area contributed by atoms with Crippen LogP contribution >= 0.6 is 0 Å². The van der Waals surface area contributed by atoms with E-state index < -0.39 is 0 Å². The van der Waals surface area contributed by atoms with Crippen molar-refractivity contribution in [2.45, 2.75) is 32.7 Å².